The van der Waals surface area contributed by atoms with Gasteiger partial charge in [-0.25, -0.2) is 4.79 Å². The van der Waals surface area contributed by atoms with E-state index in [4.69, 9.17) is 18.6 Å². The van der Waals surface area contributed by atoms with Crippen molar-refractivity contribution in [1.29, 1.82) is 0 Å². The number of methoxy groups -OCH3 is 1. The number of hydrogen-bond donors (Lipinski definition) is 0. The zero-order valence-corrected chi connectivity index (χ0v) is 18.7. The number of hydrogen-bond acceptors (Lipinski definition) is 6. The Balaban J connectivity index is 1.80. The van der Waals surface area contributed by atoms with Crippen molar-refractivity contribution in [2.45, 2.75) is 20.5 Å². The highest BCUT2D eigenvalue weighted by Crippen LogP contribution is 2.33. The summed E-state index contributed by atoms with van der Waals surface area (Å²) in [6.45, 7) is 4.22. The minimum absolute atomic E-state index is 0.103. The molecule has 4 rings (SSSR count). The van der Waals surface area contributed by atoms with Crippen molar-refractivity contribution in [2.75, 3.05) is 13.7 Å². The molecule has 0 radical (unpaired) electrons. The third kappa shape index (κ3) is 4.60. The van der Waals surface area contributed by atoms with E-state index in [9.17, 15) is 9.59 Å². The number of esters is 1. The maximum absolute atomic E-state index is 13.5. The van der Waals surface area contributed by atoms with Crippen LogP contribution in [-0.4, -0.2) is 19.7 Å². The molecule has 0 aliphatic heterocycles. The Morgan fingerprint density at radius 2 is 1.76 bits per heavy atom. The van der Waals surface area contributed by atoms with Gasteiger partial charge in [0.05, 0.1) is 24.7 Å². The van der Waals surface area contributed by atoms with Crippen LogP contribution in [0.5, 0.6) is 11.5 Å². The maximum Gasteiger partial charge on any atom is 0.375 e. The highest BCUT2D eigenvalue weighted by atomic mass is 16.5. The predicted octanol–water partition coefficient (Wildman–Crippen LogP) is 5.53. The molecule has 4 aromatic rings. The van der Waals surface area contributed by atoms with Crippen LogP contribution in [0.4, 0.5) is 0 Å². The number of ether oxygens (including phenoxy) is 3. The maximum atomic E-state index is 13.5. The third-order valence-corrected chi connectivity index (χ3v) is 5.23. The first kappa shape index (κ1) is 22.1. The SMILES string of the molecule is CCOC(=O)c1oc2cc(OCc3ccc(C)cc3)ccc2c(=O)c1-c1ccccc1OC. The Bertz CT molecular complexity index is 1350. The molecule has 168 valence electrons. The first-order valence-corrected chi connectivity index (χ1v) is 10.6. The van der Waals surface area contributed by atoms with E-state index in [0.717, 1.165) is 5.56 Å². The summed E-state index contributed by atoms with van der Waals surface area (Å²) >= 11 is 0. The predicted molar refractivity (Wildman–Crippen MR) is 126 cm³/mol. The van der Waals surface area contributed by atoms with E-state index in [0.29, 0.717) is 29.1 Å². The molecule has 0 atom stereocenters. The summed E-state index contributed by atoms with van der Waals surface area (Å²) in [4.78, 5) is 26.2. The van der Waals surface area contributed by atoms with Crippen LogP contribution < -0.4 is 14.9 Å². The van der Waals surface area contributed by atoms with Crippen LogP contribution in [-0.2, 0) is 11.3 Å². The topological polar surface area (TPSA) is 75.0 Å². The van der Waals surface area contributed by atoms with E-state index in [1.807, 2.05) is 31.2 Å². The van der Waals surface area contributed by atoms with Crippen LogP contribution in [0.2, 0.25) is 0 Å². The first-order chi connectivity index (χ1) is 16.0. The largest absolute Gasteiger partial charge is 0.496 e. The normalized spacial score (nSPS) is 10.8. The van der Waals surface area contributed by atoms with Gasteiger partial charge in [0.2, 0.25) is 11.2 Å². The molecule has 6 heteroatoms. The lowest BCUT2D eigenvalue weighted by atomic mass is 10.0. The Hall–Kier alpha value is -4.06. The molecule has 0 bridgehead atoms. The molecular weight excluding hydrogens is 420 g/mol. The number of carbonyl (C=O) groups excluding carboxylic acids is 1. The molecule has 3 aromatic carbocycles. The highest BCUT2D eigenvalue weighted by Gasteiger charge is 2.25. The Kier molecular flexibility index (Phi) is 6.45. The smallest absolute Gasteiger partial charge is 0.375 e. The summed E-state index contributed by atoms with van der Waals surface area (Å²) in [7, 11) is 1.50. The van der Waals surface area contributed by atoms with E-state index in [-0.39, 0.29) is 28.9 Å². The summed E-state index contributed by atoms with van der Waals surface area (Å²) in [5.74, 6) is 0.0803. The first-order valence-electron chi connectivity index (χ1n) is 10.6. The van der Waals surface area contributed by atoms with Crippen molar-refractivity contribution in [3.05, 3.63) is 93.8 Å². The van der Waals surface area contributed by atoms with E-state index in [1.165, 1.54) is 12.7 Å². The molecular formula is C27H24O6. The number of benzene rings is 3. The average molecular weight is 444 g/mol. The fraction of sp³-hybridized carbons (Fsp3) is 0.185. The van der Waals surface area contributed by atoms with Gasteiger partial charge in [-0.3, -0.25) is 4.79 Å². The van der Waals surface area contributed by atoms with Gasteiger partial charge in [0.1, 0.15) is 23.7 Å². The lowest BCUT2D eigenvalue weighted by Gasteiger charge is -2.13. The van der Waals surface area contributed by atoms with E-state index in [1.54, 1.807) is 49.4 Å². The second-order valence-corrected chi connectivity index (χ2v) is 7.49. The zero-order chi connectivity index (χ0) is 23.4. The summed E-state index contributed by atoms with van der Waals surface area (Å²) in [6, 6.07) is 20.0. The molecule has 33 heavy (non-hydrogen) atoms. The van der Waals surface area contributed by atoms with Crippen molar-refractivity contribution in [1.82, 2.24) is 0 Å². The van der Waals surface area contributed by atoms with E-state index in [2.05, 4.69) is 0 Å². The minimum Gasteiger partial charge on any atom is -0.496 e. The fourth-order valence-corrected chi connectivity index (χ4v) is 3.55. The third-order valence-electron chi connectivity index (χ3n) is 5.23. The summed E-state index contributed by atoms with van der Waals surface area (Å²) < 4.78 is 22.4. The molecule has 0 unspecified atom stereocenters. The van der Waals surface area contributed by atoms with Crippen molar-refractivity contribution < 1.29 is 23.4 Å². The number of carbonyl (C=O) groups is 1. The van der Waals surface area contributed by atoms with Crippen LogP contribution in [0.25, 0.3) is 22.1 Å². The van der Waals surface area contributed by atoms with Gasteiger partial charge in [-0.15, -0.1) is 0 Å². The van der Waals surface area contributed by atoms with Crippen LogP contribution >= 0.6 is 0 Å². The molecule has 0 fully saturated rings. The summed E-state index contributed by atoms with van der Waals surface area (Å²) in [5, 5.41) is 0.326. The molecule has 0 aliphatic rings. The van der Waals surface area contributed by atoms with Gasteiger partial charge >= 0.3 is 5.97 Å². The Morgan fingerprint density at radius 1 is 1.00 bits per heavy atom. The standard InChI is InChI=1S/C27H24O6/c1-4-31-27(29)26-24(20-7-5-6-8-22(20)30-3)25(28)21-14-13-19(15-23(21)33-26)32-16-18-11-9-17(2)10-12-18/h5-15H,4,16H2,1-3H3. The Morgan fingerprint density at radius 3 is 2.48 bits per heavy atom. The Labute approximate surface area is 191 Å². The van der Waals surface area contributed by atoms with Crippen LogP contribution in [0.15, 0.2) is 75.9 Å². The lowest BCUT2D eigenvalue weighted by Crippen LogP contribution is -2.15. The van der Waals surface area contributed by atoms with Gasteiger partial charge < -0.3 is 18.6 Å². The van der Waals surface area contributed by atoms with Crippen molar-refractivity contribution in [3.63, 3.8) is 0 Å². The molecule has 0 amide bonds. The van der Waals surface area contributed by atoms with Crippen molar-refractivity contribution in [3.8, 4) is 22.6 Å². The van der Waals surface area contributed by atoms with Gasteiger partial charge in [0.25, 0.3) is 0 Å². The molecule has 0 saturated carbocycles. The molecule has 1 heterocycles. The van der Waals surface area contributed by atoms with E-state index >= 15 is 0 Å². The average Bonchev–Trinajstić information content (AvgIpc) is 2.83. The van der Waals surface area contributed by atoms with Crippen LogP contribution in [0.1, 0.15) is 28.6 Å². The summed E-state index contributed by atoms with van der Waals surface area (Å²) in [5.41, 5.74) is 2.63. The highest BCUT2D eigenvalue weighted by molar-refractivity contribution is 5.98. The number of aryl methyl sites for hydroxylation is 1. The number of para-hydroxylation sites is 1. The molecule has 6 nitrogen and oxygen atoms in total. The number of fused-ring (bicyclic) bond motifs is 1. The van der Waals surface area contributed by atoms with Gasteiger partial charge in [0, 0.05) is 11.6 Å². The van der Waals surface area contributed by atoms with Gasteiger partial charge in [-0.1, -0.05) is 48.0 Å². The van der Waals surface area contributed by atoms with Gasteiger partial charge in [-0.2, -0.15) is 0 Å². The molecule has 0 N–H and O–H groups in total. The zero-order valence-electron chi connectivity index (χ0n) is 18.7. The molecule has 0 aliphatic carbocycles. The van der Waals surface area contributed by atoms with Crippen LogP contribution in [0.3, 0.4) is 0 Å². The van der Waals surface area contributed by atoms with E-state index < -0.39 is 5.97 Å². The lowest BCUT2D eigenvalue weighted by molar-refractivity contribution is 0.0492. The molecule has 0 saturated heterocycles. The number of rotatable bonds is 7. The minimum atomic E-state index is -0.719. The fourth-order valence-electron chi connectivity index (χ4n) is 3.55. The second kappa shape index (κ2) is 9.61. The van der Waals surface area contributed by atoms with Crippen LogP contribution in [0, 0.1) is 6.92 Å². The molecule has 1 aromatic heterocycles. The quantitative estimate of drug-likeness (QED) is 0.349. The van der Waals surface area contributed by atoms with Gasteiger partial charge in [-0.05, 0) is 37.6 Å². The molecule has 0 spiro atoms. The van der Waals surface area contributed by atoms with Gasteiger partial charge in [0.15, 0.2) is 0 Å². The summed E-state index contributed by atoms with van der Waals surface area (Å²) in [6.07, 6.45) is 0. The van der Waals surface area contributed by atoms with Crippen molar-refractivity contribution in [2.24, 2.45) is 0 Å². The van der Waals surface area contributed by atoms with Crippen molar-refractivity contribution >= 4 is 16.9 Å². The second-order valence-electron chi connectivity index (χ2n) is 7.49. The monoisotopic (exact) mass is 444 g/mol.